The number of hydrogen-bond acceptors (Lipinski definition) is 6. The first-order valence-electron chi connectivity index (χ1n) is 6.97. The van der Waals surface area contributed by atoms with Crippen LogP contribution in [0.3, 0.4) is 0 Å². The Bertz CT molecular complexity index is 712. The molecule has 0 fully saturated rings. The lowest BCUT2D eigenvalue weighted by Crippen LogP contribution is -2.38. The van der Waals surface area contributed by atoms with Crippen molar-refractivity contribution in [3.8, 4) is 11.5 Å². The number of ether oxygens (including phenoxy) is 2. The van der Waals surface area contributed by atoms with Crippen molar-refractivity contribution < 1.29 is 14.3 Å². The summed E-state index contributed by atoms with van der Waals surface area (Å²) in [6.45, 7) is 3.14. The molecule has 116 valence electrons. The molecular formula is C14H17N5O3. The van der Waals surface area contributed by atoms with E-state index in [9.17, 15) is 4.79 Å². The van der Waals surface area contributed by atoms with Crippen LogP contribution in [0.1, 0.15) is 22.3 Å². The zero-order valence-electron chi connectivity index (χ0n) is 12.7. The molecule has 2 aromatic rings. The zero-order chi connectivity index (χ0) is 15.7. The average molecular weight is 303 g/mol. The molecule has 0 saturated heterocycles. The SMILES string of the molecule is COc1ccc(C(=O)N2CCCn3nnnc32)c(C)c1OC. The summed E-state index contributed by atoms with van der Waals surface area (Å²) in [7, 11) is 3.12. The molecule has 8 heteroatoms. The molecule has 0 spiro atoms. The summed E-state index contributed by atoms with van der Waals surface area (Å²) in [4.78, 5) is 14.5. The Labute approximate surface area is 127 Å². The molecule has 0 radical (unpaired) electrons. The van der Waals surface area contributed by atoms with Crippen LogP contribution in [-0.4, -0.2) is 46.9 Å². The average Bonchev–Trinajstić information content (AvgIpc) is 3.02. The first-order valence-corrected chi connectivity index (χ1v) is 6.97. The van der Waals surface area contributed by atoms with Crippen molar-refractivity contribution in [2.45, 2.75) is 19.9 Å². The van der Waals surface area contributed by atoms with E-state index in [1.807, 2.05) is 6.92 Å². The highest BCUT2D eigenvalue weighted by Gasteiger charge is 2.28. The van der Waals surface area contributed by atoms with E-state index >= 15 is 0 Å². The number of anilines is 1. The maximum atomic E-state index is 12.9. The summed E-state index contributed by atoms with van der Waals surface area (Å²) < 4.78 is 12.2. The van der Waals surface area contributed by atoms with Gasteiger partial charge in [-0.3, -0.25) is 9.69 Å². The van der Waals surface area contributed by atoms with Crippen molar-refractivity contribution in [2.75, 3.05) is 25.7 Å². The van der Waals surface area contributed by atoms with Gasteiger partial charge in [0.05, 0.1) is 14.2 Å². The molecule has 1 amide bonds. The summed E-state index contributed by atoms with van der Waals surface area (Å²) in [6.07, 6.45) is 0.816. The minimum Gasteiger partial charge on any atom is -0.493 e. The number of aromatic nitrogens is 4. The standard InChI is InChI=1S/C14H17N5O3/c1-9-10(5-6-11(21-2)12(9)22-3)13(20)18-7-4-8-19-14(18)15-16-17-19/h5-6H,4,7-8H2,1-3H3. The number of carbonyl (C=O) groups excluding carboxylic acids is 1. The van der Waals surface area contributed by atoms with Gasteiger partial charge >= 0.3 is 0 Å². The largest absolute Gasteiger partial charge is 0.493 e. The van der Waals surface area contributed by atoms with Gasteiger partial charge in [0, 0.05) is 24.2 Å². The highest BCUT2D eigenvalue weighted by molar-refractivity contribution is 6.06. The Balaban J connectivity index is 2.01. The number of tetrazole rings is 1. The highest BCUT2D eigenvalue weighted by Crippen LogP contribution is 2.33. The van der Waals surface area contributed by atoms with Crippen molar-refractivity contribution >= 4 is 11.9 Å². The van der Waals surface area contributed by atoms with E-state index in [4.69, 9.17) is 9.47 Å². The van der Waals surface area contributed by atoms with Crippen LogP contribution in [0, 0.1) is 6.92 Å². The second-order valence-corrected chi connectivity index (χ2v) is 4.99. The van der Waals surface area contributed by atoms with E-state index in [0.29, 0.717) is 29.6 Å². The molecule has 22 heavy (non-hydrogen) atoms. The van der Waals surface area contributed by atoms with Crippen molar-refractivity contribution in [2.24, 2.45) is 0 Å². The van der Waals surface area contributed by atoms with Crippen LogP contribution in [-0.2, 0) is 6.54 Å². The Morgan fingerprint density at radius 2 is 2.05 bits per heavy atom. The van der Waals surface area contributed by atoms with Crippen molar-refractivity contribution in [1.29, 1.82) is 0 Å². The van der Waals surface area contributed by atoms with Gasteiger partial charge in [-0.1, -0.05) is 5.10 Å². The van der Waals surface area contributed by atoms with Gasteiger partial charge in [0.2, 0.25) is 0 Å². The fourth-order valence-electron chi connectivity index (χ4n) is 2.67. The lowest BCUT2D eigenvalue weighted by atomic mass is 10.1. The van der Waals surface area contributed by atoms with Crippen LogP contribution in [0.5, 0.6) is 11.5 Å². The lowest BCUT2D eigenvalue weighted by molar-refractivity contribution is 0.0979. The quantitative estimate of drug-likeness (QED) is 0.843. The van der Waals surface area contributed by atoms with Gasteiger partial charge in [-0.25, -0.2) is 4.68 Å². The minimum atomic E-state index is -0.144. The fourth-order valence-corrected chi connectivity index (χ4v) is 2.67. The van der Waals surface area contributed by atoms with Gasteiger partial charge in [-0.05, 0) is 35.9 Å². The normalized spacial score (nSPS) is 13.7. The fraction of sp³-hybridized carbons (Fsp3) is 0.429. The van der Waals surface area contributed by atoms with E-state index in [-0.39, 0.29) is 5.91 Å². The molecule has 1 aliphatic heterocycles. The molecule has 1 aromatic heterocycles. The monoisotopic (exact) mass is 303 g/mol. The van der Waals surface area contributed by atoms with Crippen LogP contribution < -0.4 is 14.4 Å². The Morgan fingerprint density at radius 3 is 2.77 bits per heavy atom. The summed E-state index contributed by atoms with van der Waals surface area (Å²) in [5, 5.41) is 11.5. The molecular weight excluding hydrogens is 286 g/mol. The van der Waals surface area contributed by atoms with Gasteiger partial charge < -0.3 is 9.47 Å². The Morgan fingerprint density at radius 1 is 1.23 bits per heavy atom. The number of nitrogens with zero attached hydrogens (tertiary/aromatic N) is 5. The van der Waals surface area contributed by atoms with Gasteiger partial charge in [0.25, 0.3) is 11.9 Å². The maximum Gasteiger partial charge on any atom is 0.261 e. The van der Waals surface area contributed by atoms with Gasteiger partial charge in [0.1, 0.15) is 0 Å². The van der Waals surface area contributed by atoms with Crippen LogP contribution in [0.4, 0.5) is 5.95 Å². The number of methoxy groups -OCH3 is 2. The third kappa shape index (κ3) is 2.16. The van der Waals surface area contributed by atoms with Crippen molar-refractivity contribution in [3.63, 3.8) is 0 Å². The number of carbonyl (C=O) groups is 1. The molecule has 2 heterocycles. The molecule has 8 nitrogen and oxygen atoms in total. The minimum absolute atomic E-state index is 0.144. The molecule has 0 unspecified atom stereocenters. The van der Waals surface area contributed by atoms with Crippen molar-refractivity contribution in [3.05, 3.63) is 23.3 Å². The van der Waals surface area contributed by atoms with Crippen LogP contribution >= 0.6 is 0 Å². The molecule has 0 bridgehead atoms. The molecule has 0 N–H and O–H groups in total. The summed E-state index contributed by atoms with van der Waals surface area (Å²) in [5.41, 5.74) is 1.28. The van der Waals surface area contributed by atoms with E-state index in [1.54, 1.807) is 35.9 Å². The Kier molecular flexibility index (Phi) is 3.66. The van der Waals surface area contributed by atoms with Crippen molar-refractivity contribution in [1.82, 2.24) is 20.2 Å². The summed E-state index contributed by atoms with van der Waals surface area (Å²) >= 11 is 0. The van der Waals surface area contributed by atoms with Gasteiger partial charge in [0.15, 0.2) is 11.5 Å². The zero-order valence-corrected chi connectivity index (χ0v) is 12.7. The number of fused-ring (bicyclic) bond motifs is 1. The molecule has 1 aromatic carbocycles. The second-order valence-electron chi connectivity index (χ2n) is 4.99. The summed E-state index contributed by atoms with van der Waals surface area (Å²) in [5.74, 6) is 1.49. The number of hydrogen-bond donors (Lipinski definition) is 0. The second kappa shape index (κ2) is 5.63. The summed E-state index contributed by atoms with van der Waals surface area (Å²) in [6, 6.07) is 3.47. The predicted molar refractivity (Wildman–Crippen MR) is 78.4 cm³/mol. The van der Waals surface area contributed by atoms with Gasteiger partial charge in [-0.2, -0.15) is 0 Å². The molecule has 3 rings (SSSR count). The van der Waals surface area contributed by atoms with E-state index in [0.717, 1.165) is 18.5 Å². The first kappa shape index (κ1) is 14.3. The molecule has 1 aliphatic rings. The number of benzene rings is 1. The number of rotatable bonds is 3. The van der Waals surface area contributed by atoms with Gasteiger partial charge in [-0.15, -0.1) is 0 Å². The van der Waals surface area contributed by atoms with Crippen LogP contribution in [0.25, 0.3) is 0 Å². The maximum absolute atomic E-state index is 12.9. The van der Waals surface area contributed by atoms with Crippen LogP contribution in [0.2, 0.25) is 0 Å². The number of aryl methyl sites for hydroxylation is 1. The lowest BCUT2D eigenvalue weighted by Gasteiger charge is -2.26. The molecule has 0 atom stereocenters. The van der Waals surface area contributed by atoms with E-state index in [2.05, 4.69) is 15.5 Å². The topological polar surface area (TPSA) is 82.4 Å². The highest BCUT2D eigenvalue weighted by atomic mass is 16.5. The molecule has 0 saturated carbocycles. The Hall–Kier alpha value is -2.64. The third-order valence-electron chi connectivity index (χ3n) is 3.78. The molecule has 0 aliphatic carbocycles. The van der Waals surface area contributed by atoms with E-state index < -0.39 is 0 Å². The number of amides is 1. The smallest absolute Gasteiger partial charge is 0.261 e. The first-order chi connectivity index (χ1) is 10.7. The van der Waals surface area contributed by atoms with E-state index in [1.165, 1.54) is 0 Å². The predicted octanol–water partition coefficient (Wildman–Crippen LogP) is 1.05. The third-order valence-corrected chi connectivity index (χ3v) is 3.78. The van der Waals surface area contributed by atoms with Crippen LogP contribution in [0.15, 0.2) is 12.1 Å².